The maximum absolute atomic E-state index is 13.0. The molecule has 1 fully saturated rings. The molecule has 98 valence electrons. The first kappa shape index (κ1) is 12.7. The van der Waals surface area contributed by atoms with Crippen molar-refractivity contribution in [1.29, 1.82) is 0 Å². The second kappa shape index (κ2) is 3.88. The third-order valence-electron chi connectivity index (χ3n) is 3.08. The number of ether oxygens (including phenoxy) is 1. The second-order valence-corrected chi connectivity index (χ2v) is 4.51. The van der Waals surface area contributed by atoms with Crippen molar-refractivity contribution in [2.45, 2.75) is 24.3 Å². The van der Waals surface area contributed by atoms with Crippen LogP contribution in [0.3, 0.4) is 0 Å². The molecule has 0 aliphatic heterocycles. The van der Waals surface area contributed by atoms with Crippen molar-refractivity contribution in [2.24, 2.45) is 5.73 Å². The van der Waals surface area contributed by atoms with Crippen LogP contribution < -0.4 is 10.5 Å². The van der Waals surface area contributed by atoms with Gasteiger partial charge in [-0.2, -0.15) is 0 Å². The van der Waals surface area contributed by atoms with Crippen LogP contribution in [0.1, 0.15) is 18.4 Å². The van der Waals surface area contributed by atoms with Crippen LogP contribution in [-0.4, -0.2) is 18.0 Å². The molecule has 0 saturated heterocycles. The van der Waals surface area contributed by atoms with Gasteiger partial charge in [0, 0.05) is 30.5 Å². The van der Waals surface area contributed by atoms with E-state index in [1.807, 2.05) is 0 Å². The van der Waals surface area contributed by atoms with Crippen LogP contribution >= 0.6 is 0 Å². The highest BCUT2D eigenvalue weighted by molar-refractivity contribution is 5.48. The van der Waals surface area contributed by atoms with Gasteiger partial charge in [-0.05, 0) is 6.07 Å². The normalized spacial score (nSPS) is 20.0. The zero-order chi connectivity index (χ0) is 13.6. The molecule has 5 nitrogen and oxygen atoms in total. The highest BCUT2D eigenvalue weighted by Crippen LogP contribution is 2.52. The molecular weight excluding hydrogens is 246 g/mol. The van der Waals surface area contributed by atoms with Crippen molar-refractivity contribution in [3.63, 3.8) is 0 Å². The highest BCUT2D eigenvalue weighted by Gasteiger charge is 2.56. The Hall–Kier alpha value is -1.76. The molecule has 18 heavy (non-hydrogen) atoms. The van der Waals surface area contributed by atoms with E-state index in [9.17, 15) is 18.9 Å². The summed E-state index contributed by atoms with van der Waals surface area (Å²) in [7, 11) is 1.37. The first-order valence-corrected chi connectivity index (χ1v) is 5.27. The molecule has 7 heteroatoms. The van der Waals surface area contributed by atoms with Gasteiger partial charge in [-0.1, -0.05) is 0 Å². The Balaban J connectivity index is 2.42. The summed E-state index contributed by atoms with van der Waals surface area (Å²) in [5, 5.41) is 10.7. The summed E-state index contributed by atoms with van der Waals surface area (Å²) in [6.07, 6.45) is -1.06. The number of nitro benzene ring substituents is 1. The molecule has 0 atom stereocenters. The molecular formula is C11H12F2N2O3. The van der Waals surface area contributed by atoms with E-state index in [2.05, 4.69) is 0 Å². The molecule has 0 spiro atoms. The number of rotatable bonds is 3. The lowest BCUT2D eigenvalue weighted by atomic mass is 9.69. The molecule has 0 aromatic heterocycles. The van der Waals surface area contributed by atoms with E-state index < -0.39 is 29.2 Å². The van der Waals surface area contributed by atoms with E-state index in [-0.39, 0.29) is 11.3 Å². The summed E-state index contributed by atoms with van der Waals surface area (Å²) >= 11 is 0. The summed E-state index contributed by atoms with van der Waals surface area (Å²) in [6, 6.07) is 3.83. The van der Waals surface area contributed by atoms with Crippen LogP contribution in [0.4, 0.5) is 14.5 Å². The van der Waals surface area contributed by atoms with Gasteiger partial charge in [0.05, 0.1) is 17.6 Å². The van der Waals surface area contributed by atoms with Gasteiger partial charge in [0.15, 0.2) is 0 Å². The van der Waals surface area contributed by atoms with Crippen LogP contribution in [0.2, 0.25) is 0 Å². The number of nitrogens with two attached hydrogens (primary N) is 1. The predicted molar refractivity (Wildman–Crippen MR) is 59.7 cm³/mol. The Morgan fingerprint density at radius 2 is 2.06 bits per heavy atom. The van der Waals surface area contributed by atoms with Crippen molar-refractivity contribution in [3.8, 4) is 5.75 Å². The van der Waals surface area contributed by atoms with Crippen molar-refractivity contribution >= 4 is 5.69 Å². The number of nitrogens with zero attached hydrogens (tertiary/aromatic N) is 1. The largest absolute Gasteiger partial charge is 0.496 e. The van der Waals surface area contributed by atoms with Crippen molar-refractivity contribution in [1.82, 2.24) is 0 Å². The highest BCUT2D eigenvalue weighted by atomic mass is 19.3. The standard InChI is InChI=1S/C11H12F2N2O3/c1-18-9-3-2-7(15(16)17)4-8(9)10(14)5-11(12,13)6-10/h2-4H,5-6,14H2,1H3. The minimum absolute atomic E-state index is 0.189. The van der Waals surface area contributed by atoms with Gasteiger partial charge < -0.3 is 10.5 Å². The topological polar surface area (TPSA) is 78.4 Å². The molecule has 0 unspecified atom stereocenters. The van der Waals surface area contributed by atoms with Crippen molar-refractivity contribution in [2.75, 3.05) is 7.11 Å². The molecule has 2 rings (SSSR count). The van der Waals surface area contributed by atoms with E-state index >= 15 is 0 Å². The molecule has 0 radical (unpaired) electrons. The van der Waals surface area contributed by atoms with E-state index in [1.54, 1.807) is 0 Å². The number of methoxy groups -OCH3 is 1. The van der Waals surface area contributed by atoms with E-state index in [4.69, 9.17) is 10.5 Å². The fraction of sp³-hybridized carbons (Fsp3) is 0.455. The fourth-order valence-corrected chi connectivity index (χ4v) is 2.26. The zero-order valence-corrected chi connectivity index (χ0v) is 9.65. The minimum Gasteiger partial charge on any atom is -0.496 e. The van der Waals surface area contributed by atoms with Crippen molar-refractivity contribution < 1.29 is 18.4 Å². The quantitative estimate of drug-likeness (QED) is 0.665. The van der Waals surface area contributed by atoms with Gasteiger partial charge in [0.25, 0.3) is 11.6 Å². The summed E-state index contributed by atoms with van der Waals surface area (Å²) in [4.78, 5) is 10.1. The van der Waals surface area contributed by atoms with Gasteiger partial charge in [0.2, 0.25) is 0 Å². The van der Waals surface area contributed by atoms with Gasteiger partial charge in [-0.15, -0.1) is 0 Å². The second-order valence-electron chi connectivity index (χ2n) is 4.51. The number of nitro groups is 1. The van der Waals surface area contributed by atoms with E-state index in [0.29, 0.717) is 5.75 Å². The van der Waals surface area contributed by atoms with Gasteiger partial charge in [0.1, 0.15) is 5.75 Å². The molecule has 0 heterocycles. The Labute approximate surface area is 102 Å². The monoisotopic (exact) mass is 258 g/mol. The molecule has 0 bridgehead atoms. The van der Waals surface area contributed by atoms with Crippen LogP contribution in [0.5, 0.6) is 5.75 Å². The van der Waals surface area contributed by atoms with Crippen LogP contribution in [0.15, 0.2) is 18.2 Å². The number of non-ortho nitro benzene ring substituents is 1. The van der Waals surface area contributed by atoms with E-state index in [0.717, 1.165) is 0 Å². The summed E-state index contributed by atoms with van der Waals surface area (Å²) in [6.45, 7) is 0. The fourth-order valence-electron chi connectivity index (χ4n) is 2.26. The minimum atomic E-state index is -2.82. The first-order valence-electron chi connectivity index (χ1n) is 5.27. The van der Waals surface area contributed by atoms with Gasteiger partial charge >= 0.3 is 0 Å². The van der Waals surface area contributed by atoms with Gasteiger partial charge in [-0.25, -0.2) is 8.78 Å². The maximum atomic E-state index is 13.0. The zero-order valence-electron chi connectivity index (χ0n) is 9.65. The molecule has 2 N–H and O–H groups in total. The number of benzene rings is 1. The molecule has 1 aromatic rings. The Morgan fingerprint density at radius 1 is 1.44 bits per heavy atom. The predicted octanol–water partition coefficient (Wildman–Crippen LogP) is 2.19. The lowest BCUT2D eigenvalue weighted by Gasteiger charge is -2.45. The number of hydrogen-bond acceptors (Lipinski definition) is 4. The molecule has 0 amide bonds. The molecule has 1 aliphatic rings. The third-order valence-corrected chi connectivity index (χ3v) is 3.08. The summed E-state index contributed by atoms with van der Waals surface area (Å²) < 4.78 is 30.9. The van der Waals surface area contributed by atoms with E-state index in [1.165, 1.54) is 25.3 Å². The van der Waals surface area contributed by atoms with Gasteiger partial charge in [-0.3, -0.25) is 10.1 Å². The SMILES string of the molecule is COc1ccc([N+](=O)[O-])cc1C1(N)CC(F)(F)C1. The Bertz CT molecular complexity index is 497. The average molecular weight is 258 g/mol. The Morgan fingerprint density at radius 3 is 2.50 bits per heavy atom. The Kier molecular flexibility index (Phi) is 2.73. The van der Waals surface area contributed by atoms with Crippen molar-refractivity contribution in [3.05, 3.63) is 33.9 Å². The summed E-state index contributed by atoms with van der Waals surface area (Å²) in [5.41, 5.74) is 4.67. The molecule has 1 saturated carbocycles. The van der Waals surface area contributed by atoms with Crippen LogP contribution in [0.25, 0.3) is 0 Å². The number of halogens is 2. The maximum Gasteiger partial charge on any atom is 0.270 e. The third kappa shape index (κ3) is 2.01. The lowest BCUT2D eigenvalue weighted by molar-refractivity contribution is -0.385. The molecule has 1 aromatic carbocycles. The average Bonchev–Trinajstić information content (AvgIpc) is 2.25. The van der Waals surface area contributed by atoms with Crippen LogP contribution in [-0.2, 0) is 5.54 Å². The number of alkyl halides is 2. The lowest BCUT2D eigenvalue weighted by Crippen LogP contribution is -2.55. The first-order chi connectivity index (χ1) is 8.27. The van der Waals surface area contributed by atoms with Crippen LogP contribution in [0, 0.1) is 10.1 Å². The summed E-state index contributed by atoms with van der Waals surface area (Å²) in [5.74, 6) is -2.52. The molecule has 1 aliphatic carbocycles. The smallest absolute Gasteiger partial charge is 0.270 e. The number of hydrogen-bond donors (Lipinski definition) is 1.